The summed E-state index contributed by atoms with van der Waals surface area (Å²) >= 11 is 5.67. The van der Waals surface area contributed by atoms with E-state index in [1.54, 1.807) is 0 Å². The quantitative estimate of drug-likeness (QED) is 0.518. The van der Waals surface area contributed by atoms with Crippen LogP contribution in [0, 0.1) is 11.7 Å². The number of nitrogens with zero attached hydrogens (tertiary/aromatic N) is 3. The summed E-state index contributed by atoms with van der Waals surface area (Å²) in [5, 5.41) is 37.7. The molecule has 0 aliphatic carbocycles. The second-order valence-corrected chi connectivity index (χ2v) is 8.20. The molecule has 1 aromatic heterocycles. The van der Waals surface area contributed by atoms with Crippen molar-refractivity contribution in [1.29, 1.82) is 0 Å². The molecule has 9 nitrogen and oxygen atoms in total. The second kappa shape index (κ2) is 8.94. The molecule has 1 saturated heterocycles. The minimum absolute atomic E-state index is 0.0190. The normalized spacial score (nSPS) is 26.7. The molecular weight excluding hydrogens is 408 g/mol. The Hall–Kier alpha value is -2.11. The topological polar surface area (TPSA) is 122 Å². The van der Waals surface area contributed by atoms with E-state index < -0.39 is 43.1 Å². The molecule has 1 amide bonds. The highest BCUT2D eigenvalue weighted by atomic mass is 32.1. The Bertz CT molecular complexity index is 955. The zero-order chi connectivity index (χ0) is 22.2. The van der Waals surface area contributed by atoms with Crippen molar-refractivity contribution in [1.82, 2.24) is 19.7 Å². The van der Waals surface area contributed by atoms with E-state index in [2.05, 4.69) is 10.4 Å². The Balaban J connectivity index is 2.14. The highest BCUT2D eigenvalue weighted by Gasteiger charge is 2.46. The number of amides is 1. The van der Waals surface area contributed by atoms with E-state index in [1.165, 1.54) is 11.6 Å². The number of carbonyl (C=O) groups excluding carboxylic acids is 1. The fourth-order valence-electron chi connectivity index (χ4n) is 3.62. The lowest BCUT2D eigenvalue weighted by atomic mass is 9.96. The van der Waals surface area contributed by atoms with E-state index in [-0.39, 0.29) is 6.04 Å². The Labute approximate surface area is 179 Å². The van der Waals surface area contributed by atoms with Gasteiger partial charge in [0.2, 0.25) is 10.7 Å². The maximum atomic E-state index is 11.7. The van der Waals surface area contributed by atoms with E-state index in [1.807, 2.05) is 49.6 Å². The maximum Gasteiger partial charge on any atom is 0.217 e. The highest BCUT2D eigenvalue weighted by molar-refractivity contribution is 7.71. The fraction of sp³-hybridized carbons (Fsp3) is 0.550. The predicted octanol–water partition coefficient (Wildman–Crippen LogP) is 1.09. The van der Waals surface area contributed by atoms with Gasteiger partial charge in [-0.3, -0.25) is 9.36 Å². The predicted molar refractivity (Wildman–Crippen MR) is 112 cm³/mol. The second-order valence-electron chi connectivity index (χ2n) is 7.84. The number of hydrogen-bond acceptors (Lipinski definition) is 7. The van der Waals surface area contributed by atoms with Gasteiger partial charge in [-0.1, -0.05) is 29.8 Å². The van der Waals surface area contributed by atoms with Crippen LogP contribution in [0.4, 0.5) is 0 Å². The van der Waals surface area contributed by atoms with Crippen molar-refractivity contribution in [2.45, 2.75) is 64.3 Å². The van der Waals surface area contributed by atoms with Crippen molar-refractivity contribution in [2.24, 2.45) is 0 Å². The minimum Gasteiger partial charge on any atom is -0.394 e. The van der Waals surface area contributed by atoms with Gasteiger partial charge in [-0.05, 0) is 33.0 Å². The minimum atomic E-state index is -1.38. The molecule has 0 spiro atoms. The molecule has 0 radical (unpaired) electrons. The third-order valence-corrected chi connectivity index (χ3v) is 5.55. The maximum absolute atomic E-state index is 11.7. The standard InChI is InChI=1S/C20H28N4O5S/c1-10(2)23-18(13-7-5-11(3)6-8-13)22-24(20(23)30)19-15(21-12(4)26)17(28)16(27)14(9-25)29-19/h5-8,10,14-17,19,25,27-28H,9H2,1-4H3,(H,21,26)/t14-,15-,16+,17-,19+/m0/s1. The Kier molecular flexibility index (Phi) is 6.73. The van der Waals surface area contributed by atoms with Crippen LogP contribution in [-0.4, -0.2) is 66.5 Å². The first-order valence-corrected chi connectivity index (χ1v) is 10.2. The van der Waals surface area contributed by atoms with Gasteiger partial charge in [0.05, 0.1) is 6.61 Å². The van der Waals surface area contributed by atoms with Crippen molar-refractivity contribution in [2.75, 3.05) is 6.61 Å². The Morgan fingerprint density at radius 2 is 1.90 bits per heavy atom. The summed E-state index contributed by atoms with van der Waals surface area (Å²) < 4.78 is 9.46. The molecule has 2 heterocycles. The summed E-state index contributed by atoms with van der Waals surface area (Å²) in [6.07, 6.45) is -4.81. The molecule has 0 unspecified atom stereocenters. The van der Waals surface area contributed by atoms with Crippen LogP contribution in [0.2, 0.25) is 0 Å². The zero-order valence-corrected chi connectivity index (χ0v) is 18.2. The summed E-state index contributed by atoms with van der Waals surface area (Å²) in [7, 11) is 0. The number of hydrogen-bond donors (Lipinski definition) is 4. The van der Waals surface area contributed by atoms with E-state index in [4.69, 9.17) is 17.0 Å². The van der Waals surface area contributed by atoms with Crippen LogP contribution < -0.4 is 5.32 Å². The number of aliphatic hydroxyl groups excluding tert-OH is 3. The lowest BCUT2D eigenvalue weighted by Crippen LogP contribution is -2.62. The van der Waals surface area contributed by atoms with E-state index in [0.717, 1.165) is 11.1 Å². The van der Waals surface area contributed by atoms with Crippen LogP contribution in [0.3, 0.4) is 0 Å². The van der Waals surface area contributed by atoms with Crippen molar-refractivity contribution in [3.63, 3.8) is 0 Å². The van der Waals surface area contributed by atoms with Gasteiger partial charge in [-0.25, -0.2) is 4.68 Å². The summed E-state index contributed by atoms with van der Waals surface area (Å²) in [6.45, 7) is 6.74. The van der Waals surface area contributed by atoms with Crippen molar-refractivity contribution in [3.8, 4) is 11.4 Å². The smallest absolute Gasteiger partial charge is 0.217 e. The third kappa shape index (κ3) is 4.19. The van der Waals surface area contributed by atoms with Gasteiger partial charge in [0.15, 0.2) is 12.1 Å². The van der Waals surface area contributed by atoms with Gasteiger partial charge < -0.3 is 25.4 Å². The van der Waals surface area contributed by atoms with Gasteiger partial charge in [-0.2, -0.15) is 0 Å². The van der Waals surface area contributed by atoms with Gasteiger partial charge in [-0.15, -0.1) is 5.10 Å². The summed E-state index contributed by atoms with van der Waals surface area (Å²) in [6, 6.07) is 6.81. The van der Waals surface area contributed by atoms with Gasteiger partial charge >= 0.3 is 0 Å². The molecular formula is C20H28N4O5S. The third-order valence-electron chi connectivity index (χ3n) is 5.17. The van der Waals surface area contributed by atoms with Crippen molar-refractivity contribution >= 4 is 18.1 Å². The molecule has 4 N–H and O–H groups in total. The fourth-order valence-corrected chi connectivity index (χ4v) is 4.06. The molecule has 1 aromatic carbocycles. The number of carbonyl (C=O) groups is 1. The first-order chi connectivity index (χ1) is 14.1. The van der Waals surface area contributed by atoms with Gasteiger partial charge in [0.25, 0.3) is 0 Å². The average molecular weight is 437 g/mol. The number of aryl methyl sites for hydroxylation is 1. The molecule has 1 fully saturated rings. The van der Waals surface area contributed by atoms with E-state index >= 15 is 0 Å². The lowest BCUT2D eigenvalue weighted by molar-refractivity contribution is -0.219. The average Bonchev–Trinajstić information content (AvgIpc) is 3.03. The molecule has 5 atom stereocenters. The molecule has 0 saturated carbocycles. The molecule has 0 bridgehead atoms. The highest BCUT2D eigenvalue weighted by Crippen LogP contribution is 2.31. The van der Waals surface area contributed by atoms with Crippen LogP contribution in [0.5, 0.6) is 0 Å². The van der Waals surface area contributed by atoms with E-state index in [0.29, 0.717) is 10.6 Å². The number of ether oxygens (including phenoxy) is 1. The number of aromatic nitrogens is 3. The largest absolute Gasteiger partial charge is 0.394 e. The Morgan fingerprint density at radius 1 is 1.27 bits per heavy atom. The Morgan fingerprint density at radius 3 is 2.43 bits per heavy atom. The van der Waals surface area contributed by atoms with Crippen LogP contribution in [0.25, 0.3) is 11.4 Å². The van der Waals surface area contributed by atoms with Crippen molar-refractivity contribution < 1.29 is 24.9 Å². The molecule has 2 aromatic rings. The molecule has 30 heavy (non-hydrogen) atoms. The first-order valence-electron chi connectivity index (χ1n) is 9.83. The zero-order valence-electron chi connectivity index (χ0n) is 17.4. The van der Waals surface area contributed by atoms with Gasteiger partial charge in [0, 0.05) is 18.5 Å². The molecule has 3 rings (SSSR count). The van der Waals surface area contributed by atoms with Crippen LogP contribution in [0.1, 0.15) is 38.6 Å². The number of rotatable bonds is 5. The van der Waals surface area contributed by atoms with Crippen molar-refractivity contribution in [3.05, 3.63) is 34.6 Å². The lowest BCUT2D eigenvalue weighted by Gasteiger charge is -2.42. The van der Waals surface area contributed by atoms with Gasteiger partial charge in [0.1, 0.15) is 24.4 Å². The summed E-state index contributed by atoms with van der Waals surface area (Å²) in [4.78, 5) is 11.7. The SMILES string of the molecule is CC(=O)N[C@H]1[C@H](O)[C@H](O)[C@H](CO)O[C@H]1n1nc(-c2ccc(C)cc2)n(C(C)C)c1=S. The van der Waals surface area contributed by atoms with Crippen LogP contribution in [0.15, 0.2) is 24.3 Å². The number of benzene rings is 1. The number of aliphatic hydroxyl groups is 3. The van der Waals surface area contributed by atoms with E-state index in [9.17, 15) is 20.1 Å². The summed E-state index contributed by atoms with van der Waals surface area (Å²) in [5.41, 5.74) is 1.96. The first kappa shape index (κ1) is 22.6. The number of nitrogens with one attached hydrogen (secondary N) is 1. The molecule has 164 valence electrons. The van der Waals surface area contributed by atoms with Crippen LogP contribution in [-0.2, 0) is 9.53 Å². The molecule has 10 heteroatoms. The monoisotopic (exact) mass is 436 g/mol. The summed E-state index contributed by atoms with van der Waals surface area (Å²) in [5.74, 6) is 0.206. The molecule has 1 aliphatic heterocycles. The van der Waals surface area contributed by atoms with Crippen LogP contribution >= 0.6 is 12.2 Å². The molecule has 1 aliphatic rings.